The van der Waals surface area contributed by atoms with Crippen LogP contribution in [-0.2, 0) is 13.0 Å². The lowest BCUT2D eigenvalue weighted by atomic mass is 9.76. The third-order valence-electron chi connectivity index (χ3n) is 4.23. The second kappa shape index (κ2) is 6.57. The molecule has 1 aliphatic carbocycles. The molecule has 0 spiro atoms. The Hall–Kier alpha value is -1.09. The number of pyridine rings is 1. The molecule has 0 amide bonds. The van der Waals surface area contributed by atoms with Crippen LogP contribution in [0.15, 0.2) is 12.1 Å². The summed E-state index contributed by atoms with van der Waals surface area (Å²) in [4.78, 5) is 4.61. The number of ether oxygens (including phenoxy) is 1. The van der Waals surface area contributed by atoms with Gasteiger partial charge in [-0.25, -0.2) is 4.98 Å². The monoisotopic (exact) mass is 276 g/mol. The molecule has 1 saturated carbocycles. The molecule has 1 aromatic heterocycles. The molecule has 0 unspecified atom stereocenters. The third-order valence-corrected chi connectivity index (χ3v) is 4.23. The molecule has 0 aliphatic heterocycles. The van der Waals surface area contributed by atoms with Crippen molar-refractivity contribution in [3.05, 3.63) is 23.4 Å². The number of aromatic nitrogens is 1. The molecule has 0 atom stereocenters. The molecule has 2 rings (SSSR count). The Balaban J connectivity index is 2.03. The zero-order chi connectivity index (χ0) is 14.6. The van der Waals surface area contributed by atoms with Gasteiger partial charge in [-0.2, -0.15) is 0 Å². The fourth-order valence-corrected chi connectivity index (χ4v) is 2.83. The van der Waals surface area contributed by atoms with E-state index in [0.717, 1.165) is 37.4 Å². The molecule has 0 radical (unpaired) electrons. The summed E-state index contributed by atoms with van der Waals surface area (Å²) in [5, 5.41) is 3.19. The summed E-state index contributed by atoms with van der Waals surface area (Å²) in [5.74, 6) is 0.805. The highest BCUT2D eigenvalue weighted by molar-refractivity contribution is 5.25. The molecule has 112 valence electrons. The van der Waals surface area contributed by atoms with Gasteiger partial charge in [0.25, 0.3) is 0 Å². The van der Waals surface area contributed by atoms with Crippen molar-refractivity contribution >= 4 is 0 Å². The van der Waals surface area contributed by atoms with Crippen LogP contribution >= 0.6 is 0 Å². The van der Waals surface area contributed by atoms with Crippen molar-refractivity contribution in [2.24, 2.45) is 5.41 Å². The molecule has 3 heteroatoms. The lowest BCUT2D eigenvalue weighted by molar-refractivity contribution is 0.0946. The first-order valence-corrected chi connectivity index (χ1v) is 7.83. The van der Waals surface area contributed by atoms with Gasteiger partial charge in [0.1, 0.15) is 6.10 Å². The van der Waals surface area contributed by atoms with E-state index in [4.69, 9.17) is 4.74 Å². The maximum Gasteiger partial charge on any atom is 0.214 e. The van der Waals surface area contributed by atoms with Crippen molar-refractivity contribution in [2.45, 2.75) is 65.5 Å². The quantitative estimate of drug-likeness (QED) is 0.890. The first kappa shape index (κ1) is 15.3. The van der Waals surface area contributed by atoms with Gasteiger partial charge < -0.3 is 10.1 Å². The lowest BCUT2D eigenvalue weighted by Crippen LogP contribution is -2.28. The number of hydrogen-bond acceptors (Lipinski definition) is 3. The minimum Gasteiger partial charge on any atom is -0.474 e. The Morgan fingerprint density at radius 3 is 2.60 bits per heavy atom. The van der Waals surface area contributed by atoms with Crippen LogP contribution in [0.25, 0.3) is 0 Å². The van der Waals surface area contributed by atoms with Crippen molar-refractivity contribution in [1.82, 2.24) is 10.3 Å². The Morgan fingerprint density at radius 2 is 2.00 bits per heavy atom. The van der Waals surface area contributed by atoms with Gasteiger partial charge in [0.15, 0.2) is 0 Å². The summed E-state index contributed by atoms with van der Waals surface area (Å²) in [6.45, 7) is 7.70. The van der Waals surface area contributed by atoms with Crippen molar-refractivity contribution in [1.29, 1.82) is 0 Å². The van der Waals surface area contributed by atoms with Gasteiger partial charge in [-0.15, -0.1) is 0 Å². The van der Waals surface area contributed by atoms with Crippen LogP contribution in [0.5, 0.6) is 5.88 Å². The van der Waals surface area contributed by atoms with Gasteiger partial charge in [0, 0.05) is 18.3 Å². The summed E-state index contributed by atoms with van der Waals surface area (Å²) in [6, 6.07) is 4.24. The average Bonchev–Trinajstić information content (AvgIpc) is 2.41. The van der Waals surface area contributed by atoms with E-state index in [1.165, 1.54) is 18.4 Å². The molecule has 0 saturated heterocycles. The van der Waals surface area contributed by atoms with Crippen molar-refractivity contribution in [2.75, 3.05) is 7.05 Å². The molecule has 0 aromatic carbocycles. The minimum atomic E-state index is 0.338. The largest absolute Gasteiger partial charge is 0.474 e. The molecule has 20 heavy (non-hydrogen) atoms. The van der Waals surface area contributed by atoms with Gasteiger partial charge in [0.05, 0.1) is 0 Å². The Morgan fingerprint density at radius 1 is 1.30 bits per heavy atom. The predicted octanol–water partition coefficient (Wildman–Crippen LogP) is 3.71. The summed E-state index contributed by atoms with van der Waals surface area (Å²) in [5.41, 5.74) is 2.85. The molecular weight excluding hydrogens is 248 g/mol. The van der Waals surface area contributed by atoms with Crippen LogP contribution in [0.3, 0.4) is 0 Å². The summed E-state index contributed by atoms with van der Waals surface area (Å²) in [7, 11) is 1.97. The highest BCUT2D eigenvalue weighted by Gasteiger charge is 2.28. The van der Waals surface area contributed by atoms with Crippen LogP contribution in [0, 0.1) is 5.41 Å². The van der Waals surface area contributed by atoms with E-state index in [1.807, 2.05) is 7.05 Å². The number of hydrogen-bond donors (Lipinski definition) is 1. The zero-order valence-electron chi connectivity index (χ0n) is 13.3. The first-order chi connectivity index (χ1) is 9.52. The van der Waals surface area contributed by atoms with Crippen LogP contribution in [0.2, 0.25) is 0 Å². The number of rotatable bonds is 5. The third kappa shape index (κ3) is 4.20. The van der Waals surface area contributed by atoms with E-state index in [1.54, 1.807) is 0 Å². The molecule has 0 bridgehead atoms. The Kier molecular flexibility index (Phi) is 5.03. The molecule has 1 aromatic rings. The number of aryl methyl sites for hydroxylation is 1. The summed E-state index contributed by atoms with van der Waals surface area (Å²) >= 11 is 0. The van der Waals surface area contributed by atoms with Gasteiger partial charge in [-0.05, 0) is 56.2 Å². The second-order valence-electron chi connectivity index (χ2n) is 6.67. The first-order valence-electron chi connectivity index (χ1n) is 7.83. The van der Waals surface area contributed by atoms with E-state index in [0.29, 0.717) is 11.5 Å². The standard InChI is InChI=1S/C17H28N2O/c1-5-14-10-13(12-18-4)11-16(19-14)20-15-6-8-17(2,3)9-7-15/h10-11,15,18H,5-9,12H2,1-4H3. The van der Waals surface area contributed by atoms with E-state index in [-0.39, 0.29) is 0 Å². The molecule has 1 heterocycles. The van der Waals surface area contributed by atoms with E-state index >= 15 is 0 Å². The molecule has 1 aliphatic rings. The normalized spacial score (nSPS) is 19.0. The predicted molar refractivity (Wildman–Crippen MR) is 83.0 cm³/mol. The number of nitrogens with one attached hydrogen (secondary N) is 1. The van der Waals surface area contributed by atoms with Gasteiger partial charge >= 0.3 is 0 Å². The van der Waals surface area contributed by atoms with E-state index < -0.39 is 0 Å². The number of nitrogens with zero attached hydrogens (tertiary/aromatic N) is 1. The molecule has 1 fully saturated rings. The zero-order valence-corrected chi connectivity index (χ0v) is 13.3. The maximum absolute atomic E-state index is 6.14. The van der Waals surface area contributed by atoms with E-state index in [9.17, 15) is 0 Å². The highest BCUT2D eigenvalue weighted by atomic mass is 16.5. The molecule has 3 nitrogen and oxygen atoms in total. The summed E-state index contributed by atoms with van der Waals surface area (Å²) < 4.78 is 6.14. The van der Waals surface area contributed by atoms with Crippen molar-refractivity contribution < 1.29 is 4.74 Å². The fourth-order valence-electron chi connectivity index (χ4n) is 2.83. The van der Waals surface area contributed by atoms with Crippen LogP contribution in [0.4, 0.5) is 0 Å². The summed E-state index contributed by atoms with van der Waals surface area (Å²) in [6.07, 6.45) is 6.07. The van der Waals surface area contributed by atoms with Gasteiger partial charge in [0.2, 0.25) is 5.88 Å². The molecular formula is C17H28N2O. The Labute approximate surface area is 123 Å². The lowest BCUT2D eigenvalue weighted by Gasteiger charge is -2.34. The second-order valence-corrected chi connectivity index (χ2v) is 6.67. The fraction of sp³-hybridized carbons (Fsp3) is 0.706. The van der Waals surface area contributed by atoms with Crippen molar-refractivity contribution in [3.8, 4) is 5.88 Å². The minimum absolute atomic E-state index is 0.338. The SMILES string of the molecule is CCc1cc(CNC)cc(OC2CCC(C)(C)CC2)n1. The van der Waals surface area contributed by atoms with Gasteiger partial charge in [-0.3, -0.25) is 0 Å². The van der Waals surface area contributed by atoms with Gasteiger partial charge in [-0.1, -0.05) is 20.8 Å². The van der Waals surface area contributed by atoms with Crippen LogP contribution in [0.1, 0.15) is 57.7 Å². The topological polar surface area (TPSA) is 34.1 Å². The average molecular weight is 276 g/mol. The molecule has 1 N–H and O–H groups in total. The smallest absolute Gasteiger partial charge is 0.214 e. The maximum atomic E-state index is 6.14. The van der Waals surface area contributed by atoms with Crippen LogP contribution < -0.4 is 10.1 Å². The Bertz CT molecular complexity index is 433. The van der Waals surface area contributed by atoms with E-state index in [2.05, 4.69) is 43.2 Å². The van der Waals surface area contributed by atoms with Crippen molar-refractivity contribution in [3.63, 3.8) is 0 Å². The highest BCUT2D eigenvalue weighted by Crippen LogP contribution is 2.36. The van der Waals surface area contributed by atoms with Crippen LogP contribution in [-0.4, -0.2) is 18.1 Å².